The number of rotatable bonds is 3. The molecule has 0 spiro atoms. The van der Waals surface area contributed by atoms with Gasteiger partial charge in [-0.05, 0) is 13.0 Å². The number of carbonyl (C=O) groups excluding carboxylic acids is 1. The molecule has 0 aliphatic rings. The second kappa shape index (κ2) is 5.31. The topological polar surface area (TPSA) is 68.0 Å². The van der Waals surface area contributed by atoms with E-state index in [4.69, 9.17) is 5.73 Å². The number of thiazole rings is 1. The average Bonchev–Trinajstić information content (AvgIpc) is 2.76. The minimum Gasteiger partial charge on any atom is -0.396 e. The summed E-state index contributed by atoms with van der Waals surface area (Å²) < 4.78 is 26.4. The van der Waals surface area contributed by atoms with Gasteiger partial charge in [0.15, 0.2) is 0 Å². The maximum Gasteiger partial charge on any atom is 0.254 e. The largest absolute Gasteiger partial charge is 0.396 e. The lowest BCUT2D eigenvalue weighted by atomic mass is 10.1. The quantitative estimate of drug-likeness (QED) is 0.849. The number of nitrogens with one attached hydrogen (secondary N) is 1. The number of halogens is 2. The summed E-state index contributed by atoms with van der Waals surface area (Å²) in [6.07, 6.45) is 0. The Morgan fingerprint density at radius 2 is 2.16 bits per heavy atom. The first-order valence-corrected chi connectivity index (χ1v) is 6.28. The maximum absolute atomic E-state index is 13.5. The zero-order valence-electron chi connectivity index (χ0n) is 10.0. The molecule has 1 aromatic carbocycles. The zero-order valence-corrected chi connectivity index (χ0v) is 10.9. The lowest BCUT2D eigenvalue weighted by molar-refractivity contribution is 0.0947. The van der Waals surface area contributed by atoms with E-state index in [-0.39, 0.29) is 17.8 Å². The molecule has 1 aromatic heterocycles. The Kier molecular flexibility index (Phi) is 3.75. The number of hydrogen-bond acceptors (Lipinski definition) is 4. The van der Waals surface area contributed by atoms with E-state index in [1.807, 2.05) is 6.92 Å². The summed E-state index contributed by atoms with van der Waals surface area (Å²) in [6.45, 7) is 2.06. The number of nitrogens with two attached hydrogens (primary N) is 1. The van der Waals surface area contributed by atoms with Crippen LogP contribution in [0.1, 0.15) is 20.9 Å². The molecule has 0 bridgehead atoms. The predicted octanol–water partition coefficient (Wildman–Crippen LogP) is 2.24. The van der Waals surface area contributed by atoms with Crippen LogP contribution in [0.4, 0.5) is 14.5 Å². The summed E-state index contributed by atoms with van der Waals surface area (Å²) in [5.74, 6) is -2.46. The molecule has 0 unspecified atom stereocenters. The number of aryl methyl sites for hydroxylation is 1. The fraction of sp³-hybridized carbons (Fsp3) is 0.167. The van der Waals surface area contributed by atoms with Crippen molar-refractivity contribution in [2.75, 3.05) is 5.73 Å². The van der Waals surface area contributed by atoms with Gasteiger partial charge < -0.3 is 11.1 Å². The van der Waals surface area contributed by atoms with Crippen molar-refractivity contribution in [3.8, 4) is 0 Å². The van der Waals surface area contributed by atoms with Crippen LogP contribution in [0.5, 0.6) is 0 Å². The minimum absolute atomic E-state index is 0.242. The first-order valence-electron chi connectivity index (χ1n) is 5.40. The molecule has 0 atom stereocenters. The molecule has 0 fully saturated rings. The van der Waals surface area contributed by atoms with Crippen LogP contribution in [-0.2, 0) is 6.54 Å². The van der Waals surface area contributed by atoms with Gasteiger partial charge in [-0.15, -0.1) is 11.3 Å². The van der Waals surface area contributed by atoms with Gasteiger partial charge in [0.2, 0.25) is 0 Å². The van der Waals surface area contributed by atoms with Gasteiger partial charge in [-0.1, -0.05) is 0 Å². The van der Waals surface area contributed by atoms with Crippen LogP contribution >= 0.6 is 11.3 Å². The Bertz CT molecular complexity index is 627. The van der Waals surface area contributed by atoms with Gasteiger partial charge in [0.1, 0.15) is 11.6 Å². The van der Waals surface area contributed by atoms with Crippen molar-refractivity contribution in [3.05, 3.63) is 45.4 Å². The van der Waals surface area contributed by atoms with Gasteiger partial charge >= 0.3 is 0 Å². The van der Waals surface area contributed by atoms with Crippen molar-refractivity contribution in [3.63, 3.8) is 0 Å². The Labute approximate surface area is 112 Å². The van der Waals surface area contributed by atoms with Crippen molar-refractivity contribution >= 4 is 22.9 Å². The number of carbonyl (C=O) groups is 1. The second-order valence-corrected chi connectivity index (χ2v) is 4.84. The average molecular weight is 283 g/mol. The Morgan fingerprint density at radius 1 is 1.42 bits per heavy atom. The number of anilines is 1. The highest BCUT2D eigenvalue weighted by molar-refractivity contribution is 7.09. The molecule has 0 saturated heterocycles. The van der Waals surface area contributed by atoms with Crippen LogP contribution in [-0.4, -0.2) is 10.9 Å². The molecule has 7 heteroatoms. The standard InChI is InChI=1S/C12H11F2N3OS/c1-6-11(19-5-17-6)4-16-12(18)7-2-10(15)9(14)3-8(7)13/h2-3,5H,4,15H2,1H3,(H,16,18). The van der Waals surface area contributed by atoms with Gasteiger partial charge in [0, 0.05) is 10.9 Å². The predicted molar refractivity (Wildman–Crippen MR) is 68.8 cm³/mol. The molecule has 0 aliphatic carbocycles. The molecule has 1 amide bonds. The maximum atomic E-state index is 13.5. The monoisotopic (exact) mass is 283 g/mol. The van der Waals surface area contributed by atoms with Gasteiger partial charge in [0.25, 0.3) is 5.91 Å². The van der Waals surface area contributed by atoms with Gasteiger partial charge in [-0.25, -0.2) is 13.8 Å². The van der Waals surface area contributed by atoms with E-state index in [2.05, 4.69) is 10.3 Å². The van der Waals surface area contributed by atoms with Crippen molar-refractivity contribution in [1.29, 1.82) is 0 Å². The van der Waals surface area contributed by atoms with E-state index in [9.17, 15) is 13.6 Å². The van der Waals surface area contributed by atoms with Crippen LogP contribution in [0.2, 0.25) is 0 Å². The summed E-state index contributed by atoms with van der Waals surface area (Å²) in [4.78, 5) is 16.7. The molecular weight excluding hydrogens is 272 g/mol. The lowest BCUT2D eigenvalue weighted by Gasteiger charge is -2.07. The molecular formula is C12H11F2N3OS. The molecule has 0 saturated carbocycles. The summed E-state index contributed by atoms with van der Waals surface area (Å²) in [7, 11) is 0. The number of nitrogens with zero attached hydrogens (tertiary/aromatic N) is 1. The summed E-state index contributed by atoms with van der Waals surface area (Å²) >= 11 is 1.39. The third-order valence-corrected chi connectivity index (χ3v) is 3.52. The highest BCUT2D eigenvalue weighted by atomic mass is 32.1. The summed E-state index contributed by atoms with van der Waals surface area (Å²) in [6, 6.07) is 1.59. The number of hydrogen-bond donors (Lipinski definition) is 2. The van der Waals surface area contributed by atoms with Crippen molar-refractivity contribution in [2.45, 2.75) is 13.5 Å². The number of amides is 1. The highest BCUT2D eigenvalue weighted by Crippen LogP contribution is 2.17. The van der Waals surface area contributed by atoms with E-state index in [0.717, 1.165) is 16.6 Å². The fourth-order valence-electron chi connectivity index (χ4n) is 1.49. The van der Waals surface area contributed by atoms with Crippen molar-refractivity contribution < 1.29 is 13.6 Å². The van der Waals surface area contributed by atoms with Crippen LogP contribution in [0.3, 0.4) is 0 Å². The van der Waals surface area contributed by atoms with E-state index < -0.39 is 17.5 Å². The van der Waals surface area contributed by atoms with Gasteiger partial charge in [-0.2, -0.15) is 0 Å². The Balaban J connectivity index is 2.12. The third kappa shape index (κ3) is 2.87. The summed E-state index contributed by atoms with van der Waals surface area (Å²) in [5, 5.41) is 2.54. The SMILES string of the molecule is Cc1ncsc1CNC(=O)c1cc(N)c(F)cc1F. The van der Waals surface area contributed by atoms with Crippen LogP contribution in [0.15, 0.2) is 17.6 Å². The Morgan fingerprint density at radius 3 is 2.79 bits per heavy atom. The van der Waals surface area contributed by atoms with Gasteiger partial charge in [0.05, 0.1) is 29.0 Å². The van der Waals surface area contributed by atoms with Gasteiger partial charge in [-0.3, -0.25) is 4.79 Å². The number of benzene rings is 1. The lowest BCUT2D eigenvalue weighted by Crippen LogP contribution is -2.24. The first-order chi connectivity index (χ1) is 8.99. The number of nitrogen functional groups attached to an aromatic ring is 1. The molecule has 1 heterocycles. The molecule has 4 nitrogen and oxygen atoms in total. The molecule has 2 rings (SSSR count). The fourth-order valence-corrected chi connectivity index (χ4v) is 2.21. The molecule has 19 heavy (non-hydrogen) atoms. The second-order valence-electron chi connectivity index (χ2n) is 3.90. The van der Waals surface area contributed by atoms with Crippen molar-refractivity contribution in [1.82, 2.24) is 10.3 Å². The van der Waals surface area contributed by atoms with E-state index in [1.165, 1.54) is 11.3 Å². The molecule has 2 aromatic rings. The molecule has 100 valence electrons. The minimum atomic E-state index is -0.940. The Hall–Kier alpha value is -2.02. The normalized spacial score (nSPS) is 10.5. The first kappa shape index (κ1) is 13.4. The van der Waals surface area contributed by atoms with Crippen LogP contribution in [0.25, 0.3) is 0 Å². The van der Waals surface area contributed by atoms with E-state index in [1.54, 1.807) is 5.51 Å². The summed E-state index contributed by atoms with van der Waals surface area (Å²) in [5.41, 5.74) is 7.24. The molecule has 0 radical (unpaired) electrons. The highest BCUT2D eigenvalue weighted by Gasteiger charge is 2.15. The van der Waals surface area contributed by atoms with E-state index >= 15 is 0 Å². The number of aromatic nitrogens is 1. The van der Waals surface area contributed by atoms with Crippen molar-refractivity contribution in [2.24, 2.45) is 0 Å². The molecule has 3 N–H and O–H groups in total. The van der Waals surface area contributed by atoms with Crippen LogP contribution < -0.4 is 11.1 Å². The smallest absolute Gasteiger partial charge is 0.254 e. The van der Waals surface area contributed by atoms with E-state index in [0.29, 0.717) is 6.07 Å². The molecule has 0 aliphatic heterocycles. The van der Waals surface area contributed by atoms with Crippen LogP contribution in [0, 0.1) is 18.6 Å². The third-order valence-electron chi connectivity index (χ3n) is 2.59. The zero-order chi connectivity index (χ0) is 14.0.